The number of amides is 1. The first-order chi connectivity index (χ1) is 13.4. The molecule has 0 bridgehead atoms. The first-order valence-electron chi connectivity index (χ1n) is 9.04. The molecule has 0 radical (unpaired) electrons. The van der Waals surface area contributed by atoms with E-state index in [-0.39, 0.29) is 22.9 Å². The van der Waals surface area contributed by atoms with Crippen molar-refractivity contribution in [3.63, 3.8) is 0 Å². The summed E-state index contributed by atoms with van der Waals surface area (Å²) >= 11 is 4.98. The second-order valence-electron chi connectivity index (χ2n) is 6.83. The van der Waals surface area contributed by atoms with Gasteiger partial charge in [-0.3, -0.25) is 4.79 Å². The van der Waals surface area contributed by atoms with Crippen molar-refractivity contribution < 1.29 is 13.2 Å². The number of rotatable bonds is 4. The van der Waals surface area contributed by atoms with Crippen LogP contribution in [-0.4, -0.2) is 55.8 Å². The lowest BCUT2D eigenvalue weighted by Gasteiger charge is -2.35. The monoisotopic (exact) mass is 484 g/mol. The fraction of sp³-hybridized carbons (Fsp3) is 0.389. The quantitative estimate of drug-likeness (QED) is 0.692. The maximum atomic E-state index is 12.8. The second-order valence-corrected chi connectivity index (χ2v) is 10.7. The summed E-state index contributed by atoms with van der Waals surface area (Å²) in [6.07, 6.45) is 0.690. The molecule has 2 aliphatic heterocycles. The third-order valence-corrected chi connectivity index (χ3v) is 8.45. The molecule has 7 nitrogen and oxygen atoms in total. The highest BCUT2D eigenvalue weighted by Crippen LogP contribution is 2.27. The van der Waals surface area contributed by atoms with E-state index < -0.39 is 10.0 Å². The number of nitrogens with one attached hydrogen (secondary N) is 2. The van der Waals surface area contributed by atoms with Gasteiger partial charge in [0.2, 0.25) is 15.9 Å². The van der Waals surface area contributed by atoms with Crippen molar-refractivity contribution in [2.45, 2.75) is 23.4 Å². The number of hydrogen-bond donors (Lipinski definition) is 2. The number of sulfonamides is 1. The van der Waals surface area contributed by atoms with E-state index in [1.807, 2.05) is 11.4 Å². The Morgan fingerprint density at radius 1 is 1.11 bits per heavy atom. The van der Waals surface area contributed by atoms with Crippen LogP contribution < -0.4 is 10.9 Å². The second kappa shape index (κ2) is 8.21. The molecule has 0 spiro atoms. The van der Waals surface area contributed by atoms with Crippen molar-refractivity contribution in [1.29, 1.82) is 0 Å². The Balaban J connectivity index is 1.36. The molecule has 4 rings (SSSR count). The van der Waals surface area contributed by atoms with Crippen LogP contribution in [-0.2, 0) is 14.8 Å². The van der Waals surface area contributed by atoms with E-state index in [4.69, 9.17) is 0 Å². The van der Waals surface area contributed by atoms with E-state index in [0.29, 0.717) is 32.6 Å². The van der Waals surface area contributed by atoms with Gasteiger partial charge in [-0.2, -0.15) is 4.31 Å². The van der Waals surface area contributed by atoms with Gasteiger partial charge in [-0.05, 0) is 36.1 Å². The van der Waals surface area contributed by atoms with Crippen LogP contribution >= 0.6 is 27.3 Å². The van der Waals surface area contributed by atoms with Crippen LogP contribution in [0.25, 0.3) is 0 Å². The third-order valence-electron chi connectivity index (χ3n) is 5.07. The number of thiophene rings is 1. The molecule has 2 N–H and O–H groups in total. The van der Waals surface area contributed by atoms with Gasteiger partial charge < -0.3 is 4.90 Å². The zero-order valence-corrected chi connectivity index (χ0v) is 18.3. The van der Waals surface area contributed by atoms with Gasteiger partial charge in [0.05, 0.1) is 10.9 Å². The molecule has 0 aliphatic carbocycles. The van der Waals surface area contributed by atoms with Crippen molar-refractivity contribution in [3.8, 4) is 0 Å². The summed E-state index contributed by atoms with van der Waals surface area (Å²) in [4.78, 5) is 16.1. The Morgan fingerprint density at radius 3 is 2.57 bits per heavy atom. The number of hydrazine groups is 1. The van der Waals surface area contributed by atoms with E-state index in [1.54, 1.807) is 40.5 Å². The molecule has 1 aromatic carbocycles. The molecular weight excluding hydrogens is 464 g/mol. The van der Waals surface area contributed by atoms with E-state index >= 15 is 0 Å². The smallest absolute Gasteiger partial charge is 0.243 e. The van der Waals surface area contributed by atoms with Crippen LogP contribution in [0.2, 0.25) is 0 Å². The average Bonchev–Trinajstić information content (AvgIpc) is 3.39. The number of benzene rings is 1. The molecule has 2 unspecified atom stereocenters. The zero-order chi connectivity index (χ0) is 19.7. The van der Waals surface area contributed by atoms with Crippen molar-refractivity contribution in [3.05, 3.63) is 51.1 Å². The van der Waals surface area contributed by atoms with Crippen LogP contribution in [0.15, 0.2) is 51.1 Å². The maximum absolute atomic E-state index is 12.8. The molecule has 0 saturated carbocycles. The predicted molar refractivity (Wildman–Crippen MR) is 111 cm³/mol. The Labute approximate surface area is 176 Å². The number of hydrogen-bond acceptors (Lipinski definition) is 6. The number of carbonyl (C=O) groups is 1. The Hall–Kier alpha value is -1.30. The minimum atomic E-state index is -3.55. The van der Waals surface area contributed by atoms with Gasteiger partial charge in [0.15, 0.2) is 0 Å². The van der Waals surface area contributed by atoms with Gasteiger partial charge in [-0.25, -0.2) is 19.3 Å². The van der Waals surface area contributed by atoms with E-state index in [2.05, 4.69) is 32.8 Å². The molecule has 2 aliphatic rings. The number of nitrogens with zero attached hydrogens (tertiary/aromatic N) is 2. The summed E-state index contributed by atoms with van der Waals surface area (Å²) in [7, 11) is -3.55. The lowest BCUT2D eigenvalue weighted by Crippen LogP contribution is -2.54. The van der Waals surface area contributed by atoms with Crippen LogP contribution in [0.1, 0.15) is 17.3 Å². The van der Waals surface area contributed by atoms with Gasteiger partial charge in [0, 0.05) is 35.5 Å². The van der Waals surface area contributed by atoms with Gasteiger partial charge in [-0.15, -0.1) is 11.3 Å². The highest BCUT2D eigenvalue weighted by molar-refractivity contribution is 9.10. The molecule has 28 heavy (non-hydrogen) atoms. The minimum Gasteiger partial charge on any atom is -0.339 e. The van der Waals surface area contributed by atoms with Gasteiger partial charge in [-0.1, -0.05) is 28.1 Å². The van der Waals surface area contributed by atoms with Crippen molar-refractivity contribution in [1.82, 2.24) is 20.1 Å². The molecule has 10 heteroatoms. The number of halogens is 1. The zero-order valence-electron chi connectivity index (χ0n) is 15.0. The lowest BCUT2D eigenvalue weighted by molar-refractivity contribution is -0.134. The summed E-state index contributed by atoms with van der Waals surface area (Å²) in [5.74, 6) is 0.0195. The molecule has 1 amide bonds. The average molecular weight is 485 g/mol. The fourth-order valence-corrected chi connectivity index (χ4v) is 6.35. The Morgan fingerprint density at radius 2 is 1.89 bits per heavy atom. The van der Waals surface area contributed by atoms with Crippen LogP contribution in [0.5, 0.6) is 0 Å². The normalized spacial score (nSPS) is 23.8. The van der Waals surface area contributed by atoms with E-state index in [1.165, 1.54) is 9.18 Å². The molecular formula is C18H21BrN4O3S2. The first-order valence-corrected chi connectivity index (χ1v) is 12.2. The molecule has 3 heterocycles. The van der Waals surface area contributed by atoms with Crippen molar-refractivity contribution in [2.24, 2.45) is 0 Å². The topological polar surface area (TPSA) is 81.8 Å². The maximum Gasteiger partial charge on any atom is 0.243 e. The van der Waals surface area contributed by atoms with E-state index in [9.17, 15) is 13.2 Å². The third kappa shape index (κ3) is 4.03. The number of carbonyl (C=O) groups excluding carboxylic acids is 1. The van der Waals surface area contributed by atoms with Gasteiger partial charge >= 0.3 is 0 Å². The fourth-order valence-electron chi connectivity index (χ4n) is 3.54. The Bertz CT molecular complexity index is 944. The number of piperazine rings is 1. The highest BCUT2D eigenvalue weighted by Gasteiger charge is 2.36. The van der Waals surface area contributed by atoms with Gasteiger partial charge in [0.25, 0.3) is 0 Å². The predicted octanol–water partition coefficient (Wildman–Crippen LogP) is 1.95. The standard InChI is InChI=1S/C18H21BrN4O3S2/c19-13-3-1-4-14(11-13)28(25,26)23-8-6-22(7-9-23)18(24)16-12-15(20-21-16)17-5-2-10-27-17/h1-5,10-11,15-16,20-21H,6-9,12H2. The Kier molecular flexibility index (Phi) is 5.86. The largest absolute Gasteiger partial charge is 0.339 e. The molecule has 2 fully saturated rings. The molecule has 2 atom stereocenters. The summed E-state index contributed by atoms with van der Waals surface area (Å²) in [6.45, 7) is 1.39. The lowest BCUT2D eigenvalue weighted by atomic mass is 10.1. The van der Waals surface area contributed by atoms with Crippen molar-refractivity contribution >= 4 is 43.2 Å². The SMILES string of the molecule is O=C(C1CC(c2cccs2)NN1)N1CCN(S(=O)(=O)c2cccc(Br)c2)CC1. The molecule has 150 valence electrons. The molecule has 1 aromatic heterocycles. The molecule has 2 saturated heterocycles. The van der Waals surface area contributed by atoms with Crippen LogP contribution in [0, 0.1) is 0 Å². The van der Waals surface area contributed by atoms with Crippen LogP contribution in [0.3, 0.4) is 0 Å². The summed E-state index contributed by atoms with van der Waals surface area (Å²) < 4.78 is 27.8. The highest BCUT2D eigenvalue weighted by atomic mass is 79.9. The molecule has 2 aromatic rings. The van der Waals surface area contributed by atoms with Crippen molar-refractivity contribution in [2.75, 3.05) is 26.2 Å². The minimum absolute atomic E-state index is 0.0195. The summed E-state index contributed by atoms with van der Waals surface area (Å²) in [6, 6.07) is 10.6. The van der Waals surface area contributed by atoms with Gasteiger partial charge in [0.1, 0.15) is 6.04 Å². The summed E-state index contributed by atoms with van der Waals surface area (Å²) in [5, 5.41) is 2.02. The summed E-state index contributed by atoms with van der Waals surface area (Å²) in [5.41, 5.74) is 6.29. The van der Waals surface area contributed by atoms with Crippen LogP contribution in [0.4, 0.5) is 0 Å². The first kappa shape index (κ1) is 20.0. The van der Waals surface area contributed by atoms with E-state index in [0.717, 1.165) is 4.47 Å².